The first-order valence-corrected chi connectivity index (χ1v) is 9.69. The van der Waals surface area contributed by atoms with E-state index in [1.54, 1.807) is 16.2 Å². The van der Waals surface area contributed by atoms with Gasteiger partial charge in [0.2, 0.25) is 5.91 Å². The highest BCUT2D eigenvalue weighted by atomic mass is 32.1. The number of benzene rings is 1. The minimum absolute atomic E-state index is 0.0312. The molecule has 2 heterocycles. The zero-order valence-electron chi connectivity index (χ0n) is 15.2. The van der Waals surface area contributed by atoms with E-state index in [0.717, 1.165) is 21.8 Å². The van der Waals surface area contributed by atoms with E-state index >= 15 is 0 Å². The fourth-order valence-corrected chi connectivity index (χ4v) is 3.69. The molecule has 0 atom stereocenters. The van der Waals surface area contributed by atoms with Gasteiger partial charge in [-0.1, -0.05) is 18.2 Å². The van der Waals surface area contributed by atoms with E-state index < -0.39 is 0 Å². The standard InChI is InChI=1S/C20H24N2O3S/c1-15-5-3-7-18(16(15)2)25-14-20(24)22-10-8-21(9-11-22)19(23)13-17-6-4-12-26-17/h3-7,12H,8-11,13-14H2,1-2H3. The van der Waals surface area contributed by atoms with Gasteiger partial charge in [0.05, 0.1) is 6.42 Å². The molecule has 0 unspecified atom stereocenters. The highest BCUT2D eigenvalue weighted by Crippen LogP contribution is 2.20. The quantitative estimate of drug-likeness (QED) is 0.811. The van der Waals surface area contributed by atoms with E-state index in [-0.39, 0.29) is 18.4 Å². The first-order valence-electron chi connectivity index (χ1n) is 8.81. The molecule has 5 nitrogen and oxygen atoms in total. The maximum Gasteiger partial charge on any atom is 0.260 e. The third-order valence-electron chi connectivity index (χ3n) is 4.80. The monoisotopic (exact) mass is 372 g/mol. The first-order chi connectivity index (χ1) is 12.5. The number of carbonyl (C=O) groups excluding carboxylic acids is 2. The molecule has 3 rings (SSSR count). The molecule has 1 aromatic carbocycles. The summed E-state index contributed by atoms with van der Waals surface area (Å²) in [4.78, 5) is 29.4. The van der Waals surface area contributed by atoms with Crippen LogP contribution in [0.2, 0.25) is 0 Å². The van der Waals surface area contributed by atoms with Gasteiger partial charge >= 0.3 is 0 Å². The Bertz CT molecular complexity index is 765. The molecule has 0 saturated carbocycles. The third-order valence-corrected chi connectivity index (χ3v) is 5.67. The second-order valence-corrected chi connectivity index (χ2v) is 7.54. The molecular weight excluding hydrogens is 348 g/mol. The number of amides is 2. The van der Waals surface area contributed by atoms with E-state index in [2.05, 4.69) is 0 Å². The Balaban J connectivity index is 1.46. The van der Waals surface area contributed by atoms with Gasteiger partial charge in [-0.25, -0.2) is 0 Å². The summed E-state index contributed by atoms with van der Waals surface area (Å²) in [5, 5.41) is 1.98. The highest BCUT2D eigenvalue weighted by molar-refractivity contribution is 7.10. The van der Waals surface area contributed by atoms with Crippen LogP contribution < -0.4 is 4.74 Å². The molecule has 1 fully saturated rings. The van der Waals surface area contributed by atoms with Gasteiger partial charge in [0.25, 0.3) is 5.91 Å². The number of hydrogen-bond donors (Lipinski definition) is 0. The Kier molecular flexibility index (Phi) is 5.93. The van der Waals surface area contributed by atoms with Crippen LogP contribution >= 0.6 is 11.3 Å². The minimum Gasteiger partial charge on any atom is -0.483 e. The van der Waals surface area contributed by atoms with Gasteiger partial charge < -0.3 is 14.5 Å². The fourth-order valence-electron chi connectivity index (χ4n) is 2.99. The van der Waals surface area contributed by atoms with Gasteiger partial charge in [-0.15, -0.1) is 11.3 Å². The molecule has 6 heteroatoms. The molecule has 0 bridgehead atoms. The van der Waals surface area contributed by atoms with Crippen LogP contribution in [-0.4, -0.2) is 54.4 Å². The maximum absolute atomic E-state index is 12.4. The number of carbonyl (C=O) groups is 2. The van der Waals surface area contributed by atoms with Gasteiger partial charge in [0.15, 0.2) is 6.61 Å². The third kappa shape index (κ3) is 4.43. The summed E-state index contributed by atoms with van der Waals surface area (Å²) < 4.78 is 5.71. The number of hydrogen-bond acceptors (Lipinski definition) is 4. The SMILES string of the molecule is Cc1cccc(OCC(=O)N2CCN(C(=O)Cc3cccs3)CC2)c1C. The molecule has 2 amide bonds. The lowest BCUT2D eigenvalue weighted by Gasteiger charge is -2.34. The van der Waals surface area contributed by atoms with Gasteiger partial charge in [-0.3, -0.25) is 9.59 Å². The zero-order valence-corrected chi connectivity index (χ0v) is 16.1. The smallest absolute Gasteiger partial charge is 0.260 e. The number of piperazine rings is 1. The lowest BCUT2D eigenvalue weighted by Crippen LogP contribution is -2.51. The van der Waals surface area contributed by atoms with Crippen LogP contribution in [0.1, 0.15) is 16.0 Å². The maximum atomic E-state index is 12.4. The molecule has 1 aromatic heterocycles. The fraction of sp³-hybridized carbons (Fsp3) is 0.400. The van der Waals surface area contributed by atoms with Crippen molar-refractivity contribution in [1.29, 1.82) is 0 Å². The van der Waals surface area contributed by atoms with Crippen LogP contribution in [0, 0.1) is 13.8 Å². The van der Waals surface area contributed by atoms with Crippen molar-refractivity contribution in [2.75, 3.05) is 32.8 Å². The van der Waals surface area contributed by atoms with Gasteiger partial charge in [0, 0.05) is 31.1 Å². The second kappa shape index (κ2) is 8.36. The normalized spacial score (nSPS) is 14.4. The van der Waals surface area contributed by atoms with Gasteiger partial charge in [-0.2, -0.15) is 0 Å². The number of rotatable bonds is 5. The molecule has 0 radical (unpaired) electrons. The van der Waals surface area contributed by atoms with Crippen molar-refractivity contribution in [3.8, 4) is 5.75 Å². The Labute approximate surface area is 158 Å². The number of nitrogens with zero attached hydrogens (tertiary/aromatic N) is 2. The summed E-state index contributed by atoms with van der Waals surface area (Å²) in [6, 6.07) is 9.78. The van der Waals surface area contributed by atoms with Crippen molar-refractivity contribution >= 4 is 23.2 Å². The van der Waals surface area contributed by atoms with Crippen LogP contribution in [0.3, 0.4) is 0 Å². The van der Waals surface area contributed by atoms with Crippen molar-refractivity contribution in [1.82, 2.24) is 9.80 Å². The predicted octanol–water partition coefficient (Wildman–Crippen LogP) is 2.66. The van der Waals surface area contributed by atoms with Gasteiger partial charge in [0.1, 0.15) is 5.75 Å². The molecular formula is C20H24N2O3S. The Morgan fingerprint density at radius 1 is 1.00 bits per heavy atom. The van der Waals surface area contributed by atoms with E-state index in [0.29, 0.717) is 32.6 Å². The summed E-state index contributed by atoms with van der Waals surface area (Å²) in [5.41, 5.74) is 2.21. The lowest BCUT2D eigenvalue weighted by molar-refractivity contribution is -0.140. The predicted molar refractivity (Wildman–Crippen MR) is 103 cm³/mol. The second-order valence-electron chi connectivity index (χ2n) is 6.50. The summed E-state index contributed by atoms with van der Waals surface area (Å²) in [7, 11) is 0. The molecule has 1 aliphatic rings. The topological polar surface area (TPSA) is 49.9 Å². The number of ether oxygens (including phenoxy) is 1. The van der Waals surface area contributed by atoms with Crippen LogP contribution in [0.5, 0.6) is 5.75 Å². The molecule has 0 N–H and O–H groups in total. The van der Waals surface area contributed by atoms with Crippen molar-refractivity contribution in [3.63, 3.8) is 0 Å². The Morgan fingerprint density at radius 3 is 2.35 bits per heavy atom. The Hall–Kier alpha value is -2.34. The minimum atomic E-state index is -0.0312. The van der Waals surface area contributed by atoms with Crippen molar-refractivity contribution in [2.45, 2.75) is 20.3 Å². The highest BCUT2D eigenvalue weighted by Gasteiger charge is 2.24. The largest absolute Gasteiger partial charge is 0.483 e. The first kappa shape index (κ1) is 18.5. The summed E-state index contributed by atoms with van der Waals surface area (Å²) in [5.74, 6) is 0.852. The van der Waals surface area contributed by atoms with Crippen LogP contribution in [0.15, 0.2) is 35.7 Å². The molecule has 0 aliphatic carbocycles. The lowest BCUT2D eigenvalue weighted by atomic mass is 10.1. The van der Waals surface area contributed by atoms with Crippen molar-refractivity contribution in [3.05, 3.63) is 51.7 Å². The van der Waals surface area contributed by atoms with Crippen LogP contribution in [0.25, 0.3) is 0 Å². The molecule has 1 saturated heterocycles. The zero-order chi connectivity index (χ0) is 18.5. The summed E-state index contributed by atoms with van der Waals surface area (Å²) in [6.45, 7) is 6.34. The van der Waals surface area contributed by atoms with E-state index in [4.69, 9.17) is 4.74 Å². The Morgan fingerprint density at radius 2 is 1.69 bits per heavy atom. The molecule has 2 aromatic rings. The molecule has 138 valence electrons. The molecule has 1 aliphatic heterocycles. The van der Waals surface area contributed by atoms with Crippen molar-refractivity contribution < 1.29 is 14.3 Å². The summed E-state index contributed by atoms with van der Waals surface area (Å²) >= 11 is 1.60. The number of thiophene rings is 1. The van der Waals surface area contributed by atoms with Crippen molar-refractivity contribution in [2.24, 2.45) is 0 Å². The average molecular weight is 372 g/mol. The van der Waals surface area contributed by atoms with E-state index in [1.165, 1.54) is 0 Å². The van der Waals surface area contributed by atoms with Crippen LogP contribution in [-0.2, 0) is 16.0 Å². The van der Waals surface area contributed by atoms with Gasteiger partial charge in [-0.05, 0) is 42.5 Å². The molecule has 26 heavy (non-hydrogen) atoms. The van der Waals surface area contributed by atoms with E-state index in [1.807, 2.05) is 54.5 Å². The number of aryl methyl sites for hydroxylation is 1. The summed E-state index contributed by atoms with van der Waals surface area (Å²) in [6.07, 6.45) is 0.446. The van der Waals surface area contributed by atoms with E-state index in [9.17, 15) is 9.59 Å². The average Bonchev–Trinajstić information content (AvgIpc) is 3.16. The molecule has 0 spiro atoms. The van der Waals surface area contributed by atoms with Crippen LogP contribution in [0.4, 0.5) is 0 Å².